The summed E-state index contributed by atoms with van der Waals surface area (Å²) in [5.41, 5.74) is 2.03. The lowest BCUT2D eigenvalue weighted by Crippen LogP contribution is -2.41. The van der Waals surface area contributed by atoms with Crippen LogP contribution in [-0.2, 0) is 11.3 Å². The van der Waals surface area contributed by atoms with Gasteiger partial charge in [0.05, 0.1) is 25.9 Å². The van der Waals surface area contributed by atoms with Crippen molar-refractivity contribution in [2.45, 2.75) is 6.54 Å². The number of ether oxygens (including phenoxy) is 2. The standard InChI is InChI=1S/C19H22N2O3/c1-20(13-15-6-5-7-16(12-15)23-2)19(22)14-21-10-11-24-18-9-4-3-8-17(18)21/h3-9,12H,10-11,13-14H2,1-2H3. The molecule has 2 aromatic rings. The number of fused-ring (bicyclic) bond motifs is 1. The SMILES string of the molecule is COc1cccc(CN(C)C(=O)CN2CCOc3ccccc32)c1. The molecule has 0 atom stereocenters. The minimum absolute atomic E-state index is 0.0783. The number of nitrogens with zero attached hydrogens (tertiary/aromatic N) is 2. The van der Waals surface area contributed by atoms with E-state index in [1.807, 2.05) is 55.6 Å². The average molecular weight is 326 g/mol. The third kappa shape index (κ3) is 3.62. The Hall–Kier alpha value is -2.69. The van der Waals surface area contributed by atoms with Gasteiger partial charge in [-0.25, -0.2) is 0 Å². The predicted octanol–water partition coefficient (Wildman–Crippen LogP) is 2.55. The molecule has 5 heteroatoms. The second-order valence-electron chi connectivity index (χ2n) is 5.84. The highest BCUT2D eigenvalue weighted by Gasteiger charge is 2.21. The van der Waals surface area contributed by atoms with Gasteiger partial charge in [0.25, 0.3) is 0 Å². The van der Waals surface area contributed by atoms with E-state index in [1.165, 1.54) is 0 Å². The first-order valence-electron chi connectivity index (χ1n) is 8.01. The first kappa shape index (κ1) is 16.2. The van der Waals surface area contributed by atoms with Crippen molar-refractivity contribution >= 4 is 11.6 Å². The Labute approximate surface area is 142 Å². The summed E-state index contributed by atoms with van der Waals surface area (Å²) >= 11 is 0. The fraction of sp³-hybridized carbons (Fsp3) is 0.316. The molecule has 0 unspecified atom stereocenters. The van der Waals surface area contributed by atoms with Gasteiger partial charge in [0.15, 0.2) is 0 Å². The van der Waals surface area contributed by atoms with Gasteiger partial charge in [-0.15, -0.1) is 0 Å². The van der Waals surface area contributed by atoms with Crippen molar-refractivity contribution in [2.75, 3.05) is 38.8 Å². The molecule has 3 rings (SSSR count). The van der Waals surface area contributed by atoms with Crippen molar-refractivity contribution in [3.8, 4) is 11.5 Å². The lowest BCUT2D eigenvalue weighted by molar-refractivity contribution is -0.129. The number of amides is 1. The predicted molar refractivity (Wildman–Crippen MR) is 93.6 cm³/mol. The van der Waals surface area contributed by atoms with Gasteiger partial charge in [0.2, 0.25) is 5.91 Å². The van der Waals surface area contributed by atoms with Crippen molar-refractivity contribution in [1.82, 2.24) is 4.90 Å². The first-order valence-corrected chi connectivity index (χ1v) is 8.01. The Bertz CT molecular complexity index is 717. The van der Waals surface area contributed by atoms with Crippen LogP contribution in [0.4, 0.5) is 5.69 Å². The lowest BCUT2D eigenvalue weighted by Gasteiger charge is -2.32. The molecule has 1 heterocycles. The van der Waals surface area contributed by atoms with E-state index in [9.17, 15) is 4.79 Å². The largest absolute Gasteiger partial charge is 0.497 e. The number of hydrogen-bond acceptors (Lipinski definition) is 4. The highest BCUT2D eigenvalue weighted by atomic mass is 16.5. The topological polar surface area (TPSA) is 42.0 Å². The third-order valence-corrected chi connectivity index (χ3v) is 4.13. The van der Waals surface area contributed by atoms with Crippen LogP contribution in [0.25, 0.3) is 0 Å². The zero-order valence-corrected chi connectivity index (χ0v) is 14.1. The molecule has 0 radical (unpaired) electrons. The molecular formula is C19H22N2O3. The molecule has 1 amide bonds. The van der Waals surface area contributed by atoms with Crippen LogP contribution in [0.1, 0.15) is 5.56 Å². The Morgan fingerprint density at radius 2 is 2.08 bits per heavy atom. The molecule has 2 aromatic carbocycles. The van der Waals surface area contributed by atoms with Crippen molar-refractivity contribution < 1.29 is 14.3 Å². The summed E-state index contributed by atoms with van der Waals surface area (Å²) in [4.78, 5) is 16.4. The Balaban J connectivity index is 1.64. The molecule has 0 fully saturated rings. The molecule has 0 saturated heterocycles. The summed E-state index contributed by atoms with van der Waals surface area (Å²) in [6, 6.07) is 15.6. The summed E-state index contributed by atoms with van der Waals surface area (Å²) in [5, 5.41) is 0. The highest BCUT2D eigenvalue weighted by molar-refractivity contribution is 5.82. The molecule has 1 aliphatic rings. The molecule has 24 heavy (non-hydrogen) atoms. The molecule has 0 saturated carbocycles. The minimum Gasteiger partial charge on any atom is -0.497 e. The Morgan fingerprint density at radius 1 is 1.25 bits per heavy atom. The van der Waals surface area contributed by atoms with Gasteiger partial charge in [0.1, 0.15) is 18.1 Å². The summed E-state index contributed by atoms with van der Waals surface area (Å²) < 4.78 is 10.9. The number of carbonyl (C=O) groups excluding carboxylic acids is 1. The van der Waals surface area contributed by atoms with Crippen LogP contribution < -0.4 is 14.4 Å². The molecule has 0 bridgehead atoms. The number of benzene rings is 2. The second kappa shape index (κ2) is 7.25. The molecular weight excluding hydrogens is 304 g/mol. The van der Waals surface area contributed by atoms with E-state index >= 15 is 0 Å². The smallest absolute Gasteiger partial charge is 0.242 e. The fourth-order valence-electron chi connectivity index (χ4n) is 2.81. The maximum absolute atomic E-state index is 12.6. The van der Waals surface area contributed by atoms with E-state index in [2.05, 4.69) is 4.90 Å². The number of rotatable bonds is 5. The zero-order valence-electron chi connectivity index (χ0n) is 14.1. The van der Waals surface area contributed by atoms with Crippen LogP contribution in [0, 0.1) is 0 Å². The second-order valence-corrected chi connectivity index (χ2v) is 5.84. The minimum atomic E-state index is 0.0783. The quantitative estimate of drug-likeness (QED) is 0.847. The summed E-state index contributed by atoms with van der Waals surface area (Å²) in [7, 11) is 3.47. The van der Waals surface area contributed by atoms with Crippen LogP contribution in [0.5, 0.6) is 11.5 Å². The van der Waals surface area contributed by atoms with Gasteiger partial charge >= 0.3 is 0 Å². The molecule has 0 spiro atoms. The van der Waals surface area contributed by atoms with Crippen molar-refractivity contribution in [3.05, 3.63) is 54.1 Å². The van der Waals surface area contributed by atoms with Gasteiger partial charge in [-0.1, -0.05) is 24.3 Å². The number of hydrogen-bond donors (Lipinski definition) is 0. The van der Waals surface area contributed by atoms with Crippen LogP contribution in [-0.4, -0.2) is 44.7 Å². The van der Waals surface area contributed by atoms with E-state index < -0.39 is 0 Å². The lowest BCUT2D eigenvalue weighted by atomic mass is 10.2. The van der Waals surface area contributed by atoms with Gasteiger partial charge in [-0.2, -0.15) is 0 Å². The number of methoxy groups -OCH3 is 1. The first-order chi connectivity index (χ1) is 11.7. The van der Waals surface area contributed by atoms with Crippen LogP contribution >= 0.6 is 0 Å². The van der Waals surface area contributed by atoms with Gasteiger partial charge < -0.3 is 19.3 Å². The molecule has 0 N–H and O–H groups in total. The highest BCUT2D eigenvalue weighted by Crippen LogP contribution is 2.30. The molecule has 126 valence electrons. The molecule has 1 aliphatic heterocycles. The van der Waals surface area contributed by atoms with E-state index in [0.717, 1.165) is 29.3 Å². The van der Waals surface area contributed by atoms with Crippen molar-refractivity contribution in [2.24, 2.45) is 0 Å². The van der Waals surface area contributed by atoms with Crippen LogP contribution in [0.15, 0.2) is 48.5 Å². The van der Waals surface area contributed by atoms with E-state index in [1.54, 1.807) is 12.0 Å². The van der Waals surface area contributed by atoms with E-state index in [0.29, 0.717) is 19.7 Å². The molecule has 5 nitrogen and oxygen atoms in total. The summed E-state index contributed by atoms with van der Waals surface area (Å²) in [6.07, 6.45) is 0. The third-order valence-electron chi connectivity index (χ3n) is 4.13. The van der Waals surface area contributed by atoms with Crippen LogP contribution in [0.3, 0.4) is 0 Å². The Kier molecular flexibility index (Phi) is 4.89. The van der Waals surface area contributed by atoms with Crippen molar-refractivity contribution in [3.63, 3.8) is 0 Å². The number of anilines is 1. The number of likely N-dealkylation sites (N-methyl/N-ethyl adjacent to an activating group) is 1. The molecule has 0 aromatic heterocycles. The van der Waals surface area contributed by atoms with E-state index in [4.69, 9.17) is 9.47 Å². The van der Waals surface area contributed by atoms with Crippen LogP contribution in [0.2, 0.25) is 0 Å². The summed E-state index contributed by atoms with van der Waals surface area (Å²) in [6.45, 7) is 2.22. The average Bonchev–Trinajstić information content (AvgIpc) is 2.62. The maximum Gasteiger partial charge on any atom is 0.242 e. The summed E-state index contributed by atoms with van der Waals surface area (Å²) in [5.74, 6) is 1.72. The zero-order chi connectivity index (χ0) is 16.9. The molecule has 0 aliphatic carbocycles. The van der Waals surface area contributed by atoms with E-state index in [-0.39, 0.29) is 5.91 Å². The monoisotopic (exact) mass is 326 g/mol. The maximum atomic E-state index is 12.6. The Morgan fingerprint density at radius 3 is 2.92 bits per heavy atom. The number of para-hydroxylation sites is 2. The van der Waals surface area contributed by atoms with Gasteiger partial charge in [-0.05, 0) is 29.8 Å². The van der Waals surface area contributed by atoms with Gasteiger partial charge in [0, 0.05) is 13.6 Å². The fourth-order valence-corrected chi connectivity index (χ4v) is 2.81. The van der Waals surface area contributed by atoms with Gasteiger partial charge in [-0.3, -0.25) is 4.79 Å². The normalized spacial score (nSPS) is 13.0. The van der Waals surface area contributed by atoms with Crippen molar-refractivity contribution in [1.29, 1.82) is 0 Å². The number of carbonyl (C=O) groups is 1.